The first-order valence-corrected chi connectivity index (χ1v) is 8.30. The van der Waals surface area contributed by atoms with Crippen LogP contribution >= 0.6 is 11.8 Å². The predicted octanol–water partition coefficient (Wildman–Crippen LogP) is 4.83. The smallest absolute Gasteiger partial charge is 0.00966 e. The van der Waals surface area contributed by atoms with Crippen LogP contribution in [0.25, 0.3) is 0 Å². The minimum absolute atomic E-state index is 0.222. The largest absolute Gasteiger partial charge is 0.312 e. The normalized spacial score (nSPS) is 13.8. The molecule has 108 valence electrons. The predicted molar refractivity (Wildman–Crippen MR) is 87.9 cm³/mol. The molecule has 0 saturated carbocycles. The fourth-order valence-electron chi connectivity index (χ4n) is 1.95. The van der Waals surface area contributed by atoms with E-state index in [0.717, 1.165) is 18.4 Å². The average Bonchev–Trinajstić information content (AvgIpc) is 2.33. The second kappa shape index (κ2) is 7.96. The van der Waals surface area contributed by atoms with E-state index in [4.69, 9.17) is 0 Å². The molecule has 0 amide bonds. The lowest BCUT2D eigenvalue weighted by Gasteiger charge is -2.27. The van der Waals surface area contributed by atoms with Crippen molar-refractivity contribution in [2.24, 2.45) is 11.8 Å². The van der Waals surface area contributed by atoms with E-state index in [-0.39, 0.29) is 5.54 Å². The maximum Gasteiger partial charge on any atom is 0.00966 e. The highest BCUT2D eigenvalue weighted by Crippen LogP contribution is 2.23. The Balaban J connectivity index is 2.34. The van der Waals surface area contributed by atoms with Gasteiger partial charge in [-0.1, -0.05) is 32.0 Å². The Morgan fingerprint density at radius 2 is 1.74 bits per heavy atom. The lowest BCUT2D eigenvalue weighted by molar-refractivity contribution is 0.308. The molecule has 1 unspecified atom stereocenters. The monoisotopic (exact) mass is 279 g/mol. The molecular weight excluding hydrogens is 250 g/mol. The van der Waals surface area contributed by atoms with Crippen LogP contribution in [0.2, 0.25) is 0 Å². The molecular formula is C17H29NS. The molecule has 0 aliphatic carbocycles. The lowest BCUT2D eigenvalue weighted by atomic mass is 9.92. The molecule has 0 fully saturated rings. The third kappa shape index (κ3) is 7.64. The summed E-state index contributed by atoms with van der Waals surface area (Å²) in [5, 5.41) is 3.64. The molecule has 1 aromatic carbocycles. The van der Waals surface area contributed by atoms with E-state index in [2.05, 4.69) is 70.3 Å². The number of hydrogen-bond acceptors (Lipinski definition) is 2. The van der Waals surface area contributed by atoms with Gasteiger partial charge in [-0.25, -0.2) is 0 Å². The maximum atomic E-state index is 3.64. The van der Waals surface area contributed by atoms with Gasteiger partial charge in [0.15, 0.2) is 0 Å². The Hall–Kier alpha value is -0.470. The number of benzene rings is 1. The average molecular weight is 279 g/mol. The van der Waals surface area contributed by atoms with Gasteiger partial charge in [0.25, 0.3) is 0 Å². The highest BCUT2D eigenvalue weighted by atomic mass is 32.2. The quantitative estimate of drug-likeness (QED) is 0.718. The van der Waals surface area contributed by atoms with Crippen LogP contribution in [-0.2, 0) is 0 Å². The van der Waals surface area contributed by atoms with Crippen LogP contribution in [0, 0.1) is 11.8 Å². The summed E-state index contributed by atoms with van der Waals surface area (Å²) in [6.45, 7) is 12.5. The lowest BCUT2D eigenvalue weighted by Crippen LogP contribution is -2.40. The Morgan fingerprint density at radius 1 is 1.11 bits per heavy atom. The molecule has 0 aromatic heterocycles. The summed E-state index contributed by atoms with van der Waals surface area (Å²) in [6.07, 6.45) is 1.28. The van der Waals surface area contributed by atoms with Crippen LogP contribution in [0.1, 0.15) is 41.0 Å². The Bertz CT molecular complexity index is 340. The van der Waals surface area contributed by atoms with Gasteiger partial charge in [-0.05, 0) is 63.5 Å². The minimum atomic E-state index is 0.222. The van der Waals surface area contributed by atoms with Crippen LogP contribution in [0.4, 0.5) is 0 Å². The van der Waals surface area contributed by atoms with E-state index in [1.165, 1.54) is 17.1 Å². The first kappa shape index (κ1) is 16.6. The zero-order chi connectivity index (χ0) is 14.3. The topological polar surface area (TPSA) is 12.0 Å². The molecule has 0 bridgehead atoms. The first-order valence-electron chi connectivity index (χ1n) is 7.31. The molecule has 0 saturated heterocycles. The van der Waals surface area contributed by atoms with Crippen molar-refractivity contribution >= 4 is 11.8 Å². The van der Waals surface area contributed by atoms with Gasteiger partial charge in [0, 0.05) is 10.4 Å². The summed E-state index contributed by atoms with van der Waals surface area (Å²) < 4.78 is 0. The molecule has 19 heavy (non-hydrogen) atoms. The maximum absolute atomic E-state index is 3.64. The second-order valence-electron chi connectivity index (χ2n) is 6.59. The first-order chi connectivity index (χ1) is 8.88. The van der Waals surface area contributed by atoms with Crippen molar-refractivity contribution in [3.8, 4) is 0 Å². The summed E-state index contributed by atoms with van der Waals surface area (Å²) in [7, 11) is 0. The van der Waals surface area contributed by atoms with Crippen molar-refractivity contribution in [2.45, 2.75) is 51.5 Å². The summed E-state index contributed by atoms with van der Waals surface area (Å²) in [5.74, 6) is 2.71. The van der Waals surface area contributed by atoms with Crippen molar-refractivity contribution < 1.29 is 0 Å². The second-order valence-corrected chi connectivity index (χ2v) is 7.75. The zero-order valence-electron chi connectivity index (χ0n) is 13.1. The van der Waals surface area contributed by atoms with Crippen molar-refractivity contribution in [2.75, 3.05) is 12.3 Å². The van der Waals surface area contributed by atoms with Gasteiger partial charge in [-0.3, -0.25) is 0 Å². The number of thioether (sulfide) groups is 1. The van der Waals surface area contributed by atoms with Gasteiger partial charge in [-0.2, -0.15) is 0 Å². The van der Waals surface area contributed by atoms with Crippen LogP contribution in [-0.4, -0.2) is 17.8 Å². The Kier molecular flexibility index (Phi) is 6.95. The van der Waals surface area contributed by atoms with E-state index >= 15 is 0 Å². The highest BCUT2D eigenvalue weighted by molar-refractivity contribution is 7.99. The van der Waals surface area contributed by atoms with Gasteiger partial charge in [0.2, 0.25) is 0 Å². The third-order valence-electron chi connectivity index (χ3n) is 3.34. The molecule has 1 rings (SSSR count). The molecule has 2 heteroatoms. The summed E-state index contributed by atoms with van der Waals surface area (Å²) in [6, 6.07) is 10.7. The van der Waals surface area contributed by atoms with E-state index < -0.39 is 0 Å². The van der Waals surface area contributed by atoms with E-state index in [1.54, 1.807) is 0 Å². The van der Waals surface area contributed by atoms with Crippen LogP contribution < -0.4 is 5.32 Å². The van der Waals surface area contributed by atoms with Crippen molar-refractivity contribution in [1.29, 1.82) is 0 Å². The zero-order valence-corrected chi connectivity index (χ0v) is 13.9. The standard InChI is InChI=1S/C17H29NS/c1-14(2)15(13-18-17(3,4)5)11-12-19-16-9-7-6-8-10-16/h6-10,14-15,18H,11-13H2,1-5H3. The molecule has 0 aliphatic rings. The summed E-state index contributed by atoms with van der Waals surface area (Å²) >= 11 is 1.97. The number of nitrogens with one attached hydrogen (secondary N) is 1. The fraction of sp³-hybridized carbons (Fsp3) is 0.647. The molecule has 1 N–H and O–H groups in total. The number of rotatable bonds is 7. The Labute approximate surface area is 123 Å². The van der Waals surface area contributed by atoms with Gasteiger partial charge >= 0.3 is 0 Å². The molecule has 1 aromatic rings. The van der Waals surface area contributed by atoms with Crippen molar-refractivity contribution in [1.82, 2.24) is 5.32 Å². The van der Waals surface area contributed by atoms with E-state index in [9.17, 15) is 0 Å². The molecule has 1 atom stereocenters. The van der Waals surface area contributed by atoms with Crippen LogP contribution in [0.5, 0.6) is 0 Å². The van der Waals surface area contributed by atoms with Crippen molar-refractivity contribution in [3.63, 3.8) is 0 Å². The summed E-state index contributed by atoms with van der Waals surface area (Å²) in [4.78, 5) is 1.38. The molecule has 0 spiro atoms. The van der Waals surface area contributed by atoms with E-state index in [1.807, 2.05) is 11.8 Å². The van der Waals surface area contributed by atoms with Crippen LogP contribution in [0.3, 0.4) is 0 Å². The van der Waals surface area contributed by atoms with Gasteiger partial charge in [-0.15, -0.1) is 11.8 Å². The summed E-state index contributed by atoms with van der Waals surface area (Å²) in [5.41, 5.74) is 0.222. The molecule has 0 aliphatic heterocycles. The fourth-order valence-corrected chi connectivity index (χ4v) is 2.96. The molecule has 0 heterocycles. The minimum Gasteiger partial charge on any atom is -0.312 e. The molecule has 0 radical (unpaired) electrons. The van der Waals surface area contributed by atoms with Crippen LogP contribution in [0.15, 0.2) is 35.2 Å². The SMILES string of the molecule is CC(C)C(CCSc1ccccc1)CNC(C)(C)C. The number of hydrogen-bond donors (Lipinski definition) is 1. The molecule has 1 nitrogen and oxygen atoms in total. The van der Waals surface area contributed by atoms with Gasteiger partial charge in [0.1, 0.15) is 0 Å². The van der Waals surface area contributed by atoms with Gasteiger partial charge in [0.05, 0.1) is 0 Å². The Morgan fingerprint density at radius 3 is 2.26 bits per heavy atom. The highest BCUT2D eigenvalue weighted by Gasteiger charge is 2.16. The van der Waals surface area contributed by atoms with E-state index in [0.29, 0.717) is 0 Å². The van der Waals surface area contributed by atoms with Gasteiger partial charge < -0.3 is 5.32 Å². The third-order valence-corrected chi connectivity index (χ3v) is 4.38. The van der Waals surface area contributed by atoms with Crippen molar-refractivity contribution in [3.05, 3.63) is 30.3 Å².